The van der Waals surface area contributed by atoms with Gasteiger partial charge >= 0.3 is 6.36 Å². The number of fused-ring (bicyclic) bond motifs is 4. The van der Waals surface area contributed by atoms with E-state index in [9.17, 15) is 31.2 Å². The third kappa shape index (κ3) is 3.57. The number of nitrogens with one attached hydrogen (secondary N) is 1. The Labute approximate surface area is 189 Å². The van der Waals surface area contributed by atoms with E-state index in [4.69, 9.17) is 0 Å². The molecule has 1 N–H and O–H groups in total. The average molecular weight is 487 g/mol. The molecule has 8 nitrogen and oxygen atoms in total. The Morgan fingerprint density at radius 3 is 2.41 bits per heavy atom. The number of halogens is 3. The zero-order valence-electron chi connectivity index (χ0n) is 16.8. The molecule has 2 heterocycles. The fourth-order valence-corrected chi connectivity index (χ4v) is 4.88. The van der Waals surface area contributed by atoms with Crippen molar-refractivity contribution in [2.24, 2.45) is 0 Å². The summed E-state index contributed by atoms with van der Waals surface area (Å²) in [6, 6.07) is 14.5. The zero-order valence-corrected chi connectivity index (χ0v) is 17.6. The maximum absolute atomic E-state index is 13.2. The lowest BCUT2D eigenvalue weighted by molar-refractivity contribution is -0.275. The van der Waals surface area contributed by atoms with Gasteiger partial charge in [0.05, 0.1) is 22.2 Å². The summed E-state index contributed by atoms with van der Waals surface area (Å²) in [5, 5.41) is 0.00767. The number of rotatable bonds is 4. The number of carbonyl (C=O) groups is 1. The molecule has 3 aromatic carbocycles. The van der Waals surface area contributed by atoms with Crippen LogP contribution in [0, 0.1) is 0 Å². The third-order valence-corrected chi connectivity index (χ3v) is 6.50. The van der Waals surface area contributed by atoms with E-state index < -0.39 is 38.4 Å². The van der Waals surface area contributed by atoms with Crippen LogP contribution >= 0.6 is 0 Å². The Morgan fingerprint density at radius 1 is 0.941 bits per heavy atom. The van der Waals surface area contributed by atoms with Crippen LogP contribution in [-0.2, 0) is 10.0 Å². The first kappa shape index (κ1) is 21.6. The highest BCUT2D eigenvalue weighted by Gasteiger charge is 2.34. The summed E-state index contributed by atoms with van der Waals surface area (Å²) in [4.78, 5) is 29.3. The lowest BCUT2D eigenvalue weighted by atomic mass is 10.1. The predicted molar refractivity (Wildman–Crippen MR) is 115 cm³/mol. The van der Waals surface area contributed by atoms with Gasteiger partial charge in [-0.25, -0.2) is 13.4 Å². The Kier molecular flexibility index (Phi) is 4.72. The number of benzene rings is 3. The van der Waals surface area contributed by atoms with Crippen molar-refractivity contribution >= 4 is 32.4 Å². The standard InChI is InChI=1S/C22H12F3N3O5S/c23-22(24,25)33-17-7-3-4-8-18(17)34(31,32)27-12-9-10-15-14(11-12)21(30)28-16-6-2-1-5-13(16)19(29)20(28)26-15/h1-11,27H. The summed E-state index contributed by atoms with van der Waals surface area (Å²) in [6.07, 6.45) is -5.09. The van der Waals surface area contributed by atoms with E-state index in [1.165, 1.54) is 30.3 Å². The minimum atomic E-state index is -5.09. The van der Waals surface area contributed by atoms with Crippen molar-refractivity contribution in [1.29, 1.82) is 0 Å². The van der Waals surface area contributed by atoms with Crippen molar-refractivity contribution in [3.8, 4) is 11.4 Å². The molecule has 0 bridgehead atoms. The number of aromatic nitrogens is 2. The van der Waals surface area contributed by atoms with Gasteiger partial charge in [0.15, 0.2) is 5.82 Å². The molecule has 4 aromatic rings. The van der Waals surface area contributed by atoms with Crippen molar-refractivity contribution in [3.63, 3.8) is 0 Å². The van der Waals surface area contributed by atoms with Crippen molar-refractivity contribution in [2.45, 2.75) is 11.3 Å². The number of hydrogen-bond donors (Lipinski definition) is 1. The number of ether oxygens (including phenoxy) is 1. The van der Waals surface area contributed by atoms with Crippen molar-refractivity contribution < 1.29 is 31.1 Å². The summed E-state index contributed by atoms with van der Waals surface area (Å²) in [7, 11) is -4.53. The molecule has 0 saturated carbocycles. The maximum Gasteiger partial charge on any atom is 0.573 e. The molecule has 1 aliphatic rings. The normalized spacial score (nSPS) is 13.0. The van der Waals surface area contributed by atoms with Crippen LogP contribution in [0.1, 0.15) is 16.2 Å². The van der Waals surface area contributed by atoms with Gasteiger partial charge in [0.2, 0.25) is 5.78 Å². The number of hydrogen-bond acceptors (Lipinski definition) is 6. The molecular weight excluding hydrogens is 475 g/mol. The van der Waals surface area contributed by atoms with Crippen molar-refractivity contribution in [3.05, 3.63) is 88.5 Å². The van der Waals surface area contributed by atoms with Crippen LogP contribution in [0.3, 0.4) is 0 Å². The fraction of sp³-hybridized carbons (Fsp3) is 0.0455. The molecule has 0 unspecified atom stereocenters. The third-order valence-electron chi connectivity index (χ3n) is 5.08. The van der Waals surface area contributed by atoms with Gasteiger partial charge in [-0.2, -0.15) is 0 Å². The molecule has 0 saturated heterocycles. The summed E-state index contributed by atoms with van der Waals surface area (Å²) in [5.41, 5.74) is 0.128. The number of anilines is 1. The van der Waals surface area contributed by atoms with Crippen LogP contribution < -0.4 is 15.0 Å². The molecule has 0 fully saturated rings. The minimum absolute atomic E-state index is 0.00767. The number of para-hydroxylation sites is 2. The van der Waals surface area contributed by atoms with Gasteiger partial charge in [-0.3, -0.25) is 18.9 Å². The first-order chi connectivity index (χ1) is 16.0. The number of alkyl halides is 3. The van der Waals surface area contributed by atoms with Crippen LogP contribution in [0.4, 0.5) is 18.9 Å². The molecule has 172 valence electrons. The van der Waals surface area contributed by atoms with Crippen molar-refractivity contribution in [2.75, 3.05) is 4.72 Å². The molecule has 0 atom stereocenters. The topological polar surface area (TPSA) is 107 Å². The minimum Gasteiger partial charge on any atom is -0.404 e. The summed E-state index contributed by atoms with van der Waals surface area (Å²) >= 11 is 0. The van der Waals surface area contributed by atoms with Crippen LogP contribution in [0.15, 0.2) is 76.4 Å². The van der Waals surface area contributed by atoms with Gasteiger partial charge in [0.25, 0.3) is 15.6 Å². The smallest absolute Gasteiger partial charge is 0.404 e. The molecule has 0 radical (unpaired) electrons. The van der Waals surface area contributed by atoms with Crippen LogP contribution in [-0.4, -0.2) is 30.1 Å². The largest absolute Gasteiger partial charge is 0.573 e. The second-order valence-corrected chi connectivity index (χ2v) is 8.91. The molecule has 0 spiro atoms. The summed E-state index contributed by atoms with van der Waals surface area (Å²) in [5.74, 6) is -1.39. The lowest BCUT2D eigenvalue weighted by Gasteiger charge is -2.14. The first-order valence-electron chi connectivity index (χ1n) is 9.64. The second-order valence-electron chi connectivity index (χ2n) is 7.25. The highest BCUT2D eigenvalue weighted by Crippen LogP contribution is 2.31. The average Bonchev–Trinajstić information content (AvgIpc) is 3.06. The van der Waals surface area contributed by atoms with E-state index in [1.807, 2.05) is 0 Å². The molecule has 0 aliphatic carbocycles. The SMILES string of the molecule is O=C1c2ccccc2-n2c1nc1ccc(NS(=O)(=O)c3ccccc3OC(F)(F)F)cc1c2=O. The molecule has 1 aliphatic heterocycles. The van der Waals surface area contributed by atoms with Gasteiger partial charge in [-0.15, -0.1) is 13.2 Å². The van der Waals surface area contributed by atoms with Gasteiger partial charge in [0.1, 0.15) is 10.6 Å². The lowest BCUT2D eigenvalue weighted by Crippen LogP contribution is -2.22. The Morgan fingerprint density at radius 2 is 1.65 bits per heavy atom. The molecular formula is C22H12F3N3O5S. The van der Waals surface area contributed by atoms with E-state index in [-0.39, 0.29) is 22.4 Å². The molecule has 1 aromatic heterocycles. The second kappa shape index (κ2) is 7.42. The highest BCUT2D eigenvalue weighted by molar-refractivity contribution is 7.92. The van der Waals surface area contributed by atoms with Crippen LogP contribution in [0.2, 0.25) is 0 Å². The Hall–Kier alpha value is -4.19. The molecule has 0 amide bonds. The van der Waals surface area contributed by atoms with Gasteiger partial charge in [0, 0.05) is 5.69 Å². The molecule has 34 heavy (non-hydrogen) atoms. The Bertz CT molecular complexity index is 1660. The monoisotopic (exact) mass is 487 g/mol. The highest BCUT2D eigenvalue weighted by atomic mass is 32.2. The first-order valence-corrected chi connectivity index (χ1v) is 11.1. The van der Waals surface area contributed by atoms with E-state index >= 15 is 0 Å². The predicted octanol–water partition coefficient (Wildman–Crippen LogP) is 3.63. The van der Waals surface area contributed by atoms with Crippen LogP contribution in [0.25, 0.3) is 16.6 Å². The van der Waals surface area contributed by atoms with Gasteiger partial charge < -0.3 is 4.74 Å². The van der Waals surface area contributed by atoms with Crippen LogP contribution in [0.5, 0.6) is 5.75 Å². The number of carbonyl (C=O) groups excluding carboxylic acids is 1. The van der Waals surface area contributed by atoms with E-state index in [0.717, 1.165) is 16.7 Å². The van der Waals surface area contributed by atoms with E-state index in [2.05, 4.69) is 14.4 Å². The number of nitrogens with zero attached hydrogens (tertiary/aromatic N) is 2. The quantitative estimate of drug-likeness (QED) is 0.415. The fourth-order valence-electron chi connectivity index (χ4n) is 3.70. The van der Waals surface area contributed by atoms with Gasteiger partial charge in [-0.1, -0.05) is 24.3 Å². The summed E-state index contributed by atoms with van der Waals surface area (Å²) in [6.45, 7) is 0. The number of sulfonamides is 1. The Balaban J connectivity index is 1.58. The summed E-state index contributed by atoms with van der Waals surface area (Å²) < 4.78 is 70.8. The number of ketones is 1. The molecule has 5 rings (SSSR count). The van der Waals surface area contributed by atoms with Crippen molar-refractivity contribution in [1.82, 2.24) is 9.55 Å². The zero-order chi connectivity index (χ0) is 24.3. The van der Waals surface area contributed by atoms with Gasteiger partial charge in [-0.05, 0) is 42.5 Å². The molecule has 12 heteroatoms. The van der Waals surface area contributed by atoms with E-state index in [0.29, 0.717) is 11.3 Å². The maximum atomic E-state index is 13.2. The van der Waals surface area contributed by atoms with E-state index in [1.54, 1.807) is 24.3 Å².